The van der Waals surface area contributed by atoms with Crippen molar-refractivity contribution in [1.82, 2.24) is 4.90 Å². The van der Waals surface area contributed by atoms with Crippen LogP contribution in [0.1, 0.15) is 11.1 Å². The summed E-state index contributed by atoms with van der Waals surface area (Å²) < 4.78 is 11.0. The smallest absolute Gasteiger partial charge is 0.222 e. The van der Waals surface area contributed by atoms with Crippen LogP contribution in [0.4, 0.5) is 11.4 Å². The molecule has 1 atom stereocenters. The van der Waals surface area contributed by atoms with E-state index in [0.717, 1.165) is 36.2 Å². The standard InChI is InChI=1S/C22H28N6O2/c1-15-7-8-17(13-16(15)2)24-21-25-20(23)26-22(27-9-11-30-12-10-27)28(21)18-5-4-6-19(14-18)29-3/h4-8,13-14,21,24H,9-12H2,1-3H3,(H2,23,25). The molecule has 0 saturated carbocycles. The van der Waals surface area contributed by atoms with Gasteiger partial charge in [-0.2, -0.15) is 4.99 Å². The number of rotatable bonds is 4. The number of nitrogens with one attached hydrogen (secondary N) is 1. The predicted octanol–water partition coefficient (Wildman–Crippen LogP) is 2.53. The van der Waals surface area contributed by atoms with Crippen molar-refractivity contribution in [3.63, 3.8) is 0 Å². The third kappa shape index (κ3) is 4.18. The second kappa shape index (κ2) is 8.62. The van der Waals surface area contributed by atoms with Crippen LogP contribution in [0.2, 0.25) is 0 Å². The van der Waals surface area contributed by atoms with E-state index in [1.54, 1.807) is 7.11 Å². The highest BCUT2D eigenvalue weighted by Gasteiger charge is 2.32. The van der Waals surface area contributed by atoms with Crippen molar-refractivity contribution in [2.75, 3.05) is 43.6 Å². The number of aliphatic imine (C=N–C) groups is 2. The molecule has 0 spiro atoms. The van der Waals surface area contributed by atoms with Gasteiger partial charge in [-0.25, -0.2) is 4.99 Å². The number of anilines is 2. The normalized spacial score (nSPS) is 19.2. The monoisotopic (exact) mass is 408 g/mol. The van der Waals surface area contributed by atoms with Gasteiger partial charge in [0, 0.05) is 24.8 Å². The summed E-state index contributed by atoms with van der Waals surface area (Å²) in [6, 6.07) is 14.1. The minimum Gasteiger partial charge on any atom is -0.497 e. The van der Waals surface area contributed by atoms with Gasteiger partial charge in [-0.15, -0.1) is 0 Å². The Balaban J connectivity index is 1.73. The summed E-state index contributed by atoms with van der Waals surface area (Å²) >= 11 is 0. The molecule has 1 saturated heterocycles. The van der Waals surface area contributed by atoms with Crippen LogP contribution < -0.4 is 20.7 Å². The van der Waals surface area contributed by atoms with Gasteiger partial charge >= 0.3 is 0 Å². The lowest BCUT2D eigenvalue weighted by Crippen LogP contribution is -2.57. The third-order valence-corrected chi connectivity index (χ3v) is 5.36. The number of guanidine groups is 2. The zero-order chi connectivity index (χ0) is 21.1. The van der Waals surface area contributed by atoms with Crippen molar-refractivity contribution in [3.8, 4) is 5.75 Å². The molecule has 1 unspecified atom stereocenters. The molecule has 2 aliphatic rings. The average Bonchev–Trinajstić information content (AvgIpc) is 2.76. The number of nitrogens with two attached hydrogens (primary N) is 1. The Labute approximate surface area is 177 Å². The predicted molar refractivity (Wildman–Crippen MR) is 120 cm³/mol. The molecular weight excluding hydrogens is 380 g/mol. The second-order valence-corrected chi connectivity index (χ2v) is 7.39. The van der Waals surface area contributed by atoms with Crippen LogP contribution in [0.3, 0.4) is 0 Å². The second-order valence-electron chi connectivity index (χ2n) is 7.39. The maximum Gasteiger partial charge on any atom is 0.222 e. The summed E-state index contributed by atoms with van der Waals surface area (Å²) in [6.07, 6.45) is -0.449. The molecule has 158 valence electrons. The molecule has 0 bridgehead atoms. The molecule has 2 aliphatic heterocycles. The van der Waals surface area contributed by atoms with Crippen molar-refractivity contribution in [2.24, 2.45) is 15.7 Å². The third-order valence-electron chi connectivity index (χ3n) is 5.36. The highest BCUT2D eigenvalue weighted by Crippen LogP contribution is 2.28. The number of nitrogens with zero attached hydrogens (tertiary/aromatic N) is 4. The lowest BCUT2D eigenvalue weighted by atomic mass is 10.1. The van der Waals surface area contributed by atoms with E-state index in [9.17, 15) is 0 Å². The largest absolute Gasteiger partial charge is 0.497 e. The van der Waals surface area contributed by atoms with Gasteiger partial charge in [0.1, 0.15) is 5.75 Å². The van der Waals surface area contributed by atoms with E-state index in [0.29, 0.717) is 13.2 Å². The molecule has 4 rings (SSSR count). The fourth-order valence-electron chi connectivity index (χ4n) is 3.56. The van der Waals surface area contributed by atoms with E-state index in [2.05, 4.69) is 57.1 Å². The Morgan fingerprint density at radius 1 is 1.10 bits per heavy atom. The van der Waals surface area contributed by atoms with Gasteiger partial charge in [0.25, 0.3) is 0 Å². The summed E-state index contributed by atoms with van der Waals surface area (Å²) in [4.78, 5) is 13.4. The quantitative estimate of drug-likeness (QED) is 0.808. The van der Waals surface area contributed by atoms with Crippen molar-refractivity contribution < 1.29 is 9.47 Å². The molecule has 0 amide bonds. The van der Waals surface area contributed by atoms with Gasteiger partial charge in [-0.3, -0.25) is 4.90 Å². The van der Waals surface area contributed by atoms with Gasteiger partial charge in [-0.1, -0.05) is 12.1 Å². The summed E-state index contributed by atoms with van der Waals surface area (Å²) in [6.45, 7) is 6.97. The van der Waals surface area contributed by atoms with E-state index in [4.69, 9.17) is 15.2 Å². The van der Waals surface area contributed by atoms with Crippen molar-refractivity contribution in [1.29, 1.82) is 0 Å². The lowest BCUT2D eigenvalue weighted by Gasteiger charge is -2.41. The van der Waals surface area contributed by atoms with Crippen molar-refractivity contribution in [3.05, 3.63) is 53.6 Å². The van der Waals surface area contributed by atoms with Crippen LogP contribution in [-0.4, -0.2) is 56.5 Å². The number of morpholine rings is 1. The van der Waals surface area contributed by atoms with Crippen LogP contribution in [0.5, 0.6) is 5.75 Å². The number of aryl methyl sites for hydroxylation is 2. The Kier molecular flexibility index (Phi) is 5.76. The molecule has 2 aromatic rings. The van der Waals surface area contributed by atoms with Gasteiger partial charge in [0.05, 0.1) is 26.0 Å². The van der Waals surface area contributed by atoms with Gasteiger partial charge in [-0.05, 0) is 49.2 Å². The molecule has 2 aromatic carbocycles. The molecule has 0 aliphatic carbocycles. The number of benzene rings is 2. The van der Waals surface area contributed by atoms with Gasteiger partial charge in [0.2, 0.25) is 18.2 Å². The molecule has 3 N–H and O–H groups in total. The first-order valence-corrected chi connectivity index (χ1v) is 10.1. The van der Waals surface area contributed by atoms with Crippen LogP contribution in [0.15, 0.2) is 52.4 Å². The van der Waals surface area contributed by atoms with E-state index < -0.39 is 6.29 Å². The molecule has 0 radical (unpaired) electrons. The number of hydrogen-bond donors (Lipinski definition) is 2. The highest BCUT2D eigenvalue weighted by atomic mass is 16.5. The maximum atomic E-state index is 6.14. The SMILES string of the molecule is COc1cccc(N2C(N3CCOCC3)=NC(N)=NC2Nc2ccc(C)c(C)c2)c1. The van der Waals surface area contributed by atoms with E-state index >= 15 is 0 Å². The van der Waals surface area contributed by atoms with E-state index in [-0.39, 0.29) is 5.96 Å². The summed E-state index contributed by atoms with van der Waals surface area (Å²) in [5, 5.41) is 3.51. The first kappa shape index (κ1) is 20.0. The number of methoxy groups -OCH3 is 1. The lowest BCUT2D eigenvalue weighted by molar-refractivity contribution is 0.0671. The molecule has 0 aromatic heterocycles. The van der Waals surface area contributed by atoms with Crippen molar-refractivity contribution in [2.45, 2.75) is 20.1 Å². The Morgan fingerprint density at radius 3 is 2.63 bits per heavy atom. The maximum absolute atomic E-state index is 6.14. The molecule has 30 heavy (non-hydrogen) atoms. The Morgan fingerprint density at radius 2 is 1.90 bits per heavy atom. The number of ether oxygens (including phenoxy) is 2. The molecular formula is C22H28N6O2. The first-order valence-electron chi connectivity index (χ1n) is 10.1. The Hall–Kier alpha value is -3.26. The molecule has 8 nitrogen and oxygen atoms in total. The zero-order valence-corrected chi connectivity index (χ0v) is 17.6. The first-order chi connectivity index (χ1) is 14.5. The zero-order valence-electron chi connectivity index (χ0n) is 17.6. The van der Waals surface area contributed by atoms with Gasteiger partial charge in [0.15, 0.2) is 0 Å². The fourth-order valence-corrected chi connectivity index (χ4v) is 3.56. The van der Waals surface area contributed by atoms with Crippen LogP contribution in [0, 0.1) is 13.8 Å². The van der Waals surface area contributed by atoms with Gasteiger partial charge < -0.3 is 25.4 Å². The minimum absolute atomic E-state index is 0.247. The summed E-state index contributed by atoms with van der Waals surface area (Å²) in [5.41, 5.74) is 10.5. The highest BCUT2D eigenvalue weighted by molar-refractivity contribution is 6.06. The minimum atomic E-state index is -0.449. The van der Waals surface area contributed by atoms with Crippen LogP contribution >= 0.6 is 0 Å². The summed E-state index contributed by atoms with van der Waals surface area (Å²) in [7, 11) is 1.66. The summed E-state index contributed by atoms with van der Waals surface area (Å²) in [5.74, 6) is 1.76. The Bertz CT molecular complexity index is 968. The molecule has 1 fully saturated rings. The average molecular weight is 409 g/mol. The van der Waals surface area contributed by atoms with Crippen LogP contribution in [0.25, 0.3) is 0 Å². The van der Waals surface area contributed by atoms with Crippen molar-refractivity contribution >= 4 is 23.3 Å². The van der Waals surface area contributed by atoms with Crippen LogP contribution in [-0.2, 0) is 4.74 Å². The van der Waals surface area contributed by atoms with E-state index in [1.807, 2.05) is 24.3 Å². The molecule has 8 heteroatoms. The fraction of sp³-hybridized carbons (Fsp3) is 0.364. The van der Waals surface area contributed by atoms with E-state index in [1.165, 1.54) is 11.1 Å². The molecule has 2 heterocycles. The topological polar surface area (TPSA) is 87.7 Å². The number of hydrogen-bond acceptors (Lipinski definition) is 8.